The monoisotopic (exact) mass is 344 g/mol. The summed E-state index contributed by atoms with van der Waals surface area (Å²) in [5, 5.41) is 2.40. The second kappa shape index (κ2) is 5.62. The maximum Gasteiger partial charge on any atom is 0.257 e. The molecule has 7 heteroatoms. The number of nitrogens with zero attached hydrogens (tertiary/aromatic N) is 1. The van der Waals surface area contributed by atoms with Gasteiger partial charge in [0.1, 0.15) is 5.82 Å². The highest BCUT2D eigenvalue weighted by Gasteiger charge is 2.16. The molecule has 2 aromatic rings. The molecule has 0 aliphatic rings. The normalized spacial score (nSPS) is 10.4. The molecule has 0 radical (unpaired) electrons. The van der Waals surface area contributed by atoms with Crippen LogP contribution in [0.3, 0.4) is 0 Å². The van der Waals surface area contributed by atoms with E-state index in [9.17, 15) is 18.0 Å². The zero-order valence-electron chi connectivity index (χ0n) is 10.2. The van der Waals surface area contributed by atoms with E-state index in [-0.39, 0.29) is 11.4 Å². The molecule has 1 heterocycles. The predicted molar refractivity (Wildman–Crippen MR) is 70.9 cm³/mol. The average Bonchev–Trinajstić information content (AvgIpc) is 2.38. The number of halogens is 4. The van der Waals surface area contributed by atoms with E-state index < -0.39 is 23.4 Å². The summed E-state index contributed by atoms with van der Waals surface area (Å²) in [7, 11) is 0. The topological polar surface area (TPSA) is 42.0 Å². The van der Waals surface area contributed by atoms with Gasteiger partial charge >= 0.3 is 0 Å². The van der Waals surface area contributed by atoms with Crippen LogP contribution < -0.4 is 5.32 Å². The Kier molecular flexibility index (Phi) is 4.08. The van der Waals surface area contributed by atoms with Crippen molar-refractivity contribution in [3.63, 3.8) is 0 Å². The number of rotatable bonds is 2. The molecule has 0 spiro atoms. The number of amides is 1. The maximum atomic E-state index is 13.1. The summed E-state index contributed by atoms with van der Waals surface area (Å²) in [5.74, 6) is -4.98. The summed E-state index contributed by atoms with van der Waals surface area (Å²) < 4.78 is 39.6. The summed E-state index contributed by atoms with van der Waals surface area (Å²) >= 11 is 3.22. The van der Waals surface area contributed by atoms with Crippen molar-refractivity contribution in [1.82, 2.24) is 4.98 Å². The first-order valence-corrected chi connectivity index (χ1v) is 6.26. The summed E-state index contributed by atoms with van der Waals surface area (Å²) in [6, 6.07) is 2.97. The van der Waals surface area contributed by atoms with Crippen LogP contribution in [0.5, 0.6) is 0 Å². The molecule has 0 aliphatic carbocycles. The van der Waals surface area contributed by atoms with Gasteiger partial charge in [-0.05, 0) is 46.6 Å². The fraction of sp³-hybridized carbons (Fsp3) is 0.0769. The Morgan fingerprint density at radius 1 is 1.20 bits per heavy atom. The highest BCUT2D eigenvalue weighted by Crippen LogP contribution is 2.19. The van der Waals surface area contributed by atoms with Gasteiger partial charge in [0.2, 0.25) is 0 Å². The molecule has 0 unspecified atom stereocenters. The number of hydrogen-bond acceptors (Lipinski definition) is 2. The molecular weight excluding hydrogens is 337 g/mol. The van der Waals surface area contributed by atoms with Gasteiger partial charge in [-0.3, -0.25) is 4.79 Å². The van der Waals surface area contributed by atoms with E-state index in [4.69, 9.17) is 0 Å². The van der Waals surface area contributed by atoms with Gasteiger partial charge < -0.3 is 5.32 Å². The molecule has 20 heavy (non-hydrogen) atoms. The van der Waals surface area contributed by atoms with Crippen LogP contribution >= 0.6 is 15.9 Å². The first-order valence-electron chi connectivity index (χ1n) is 5.46. The van der Waals surface area contributed by atoms with E-state index in [0.29, 0.717) is 17.7 Å². The summed E-state index contributed by atoms with van der Waals surface area (Å²) in [6.45, 7) is 1.71. The molecule has 104 valence electrons. The van der Waals surface area contributed by atoms with Crippen LogP contribution in [0.15, 0.2) is 28.9 Å². The lowest BCUT2D eigenvalue weighted by Gasteiger charge is -2.08. The van der Waals surface area contributed by atoms with Gasteiger partial charge in [-0.15, -0.1) is 0 Å². The summed E-state index contributed by atoms with van der Waals surface area (Å²) in [5.41, 5.74) is 0.335. The van der Waals surface area contributed by atoms with E-state index in [1.54, 1.807) is 13.0 Å². The van der Waals surface area contributed by atoms with Gasteiger partial charge in [-0.25, -0.2) is 18.2 Å². The Balaban J connectivity index is 2.28. The van der Waals surface area contributed by atoms with Crippen molar-refractivity contribution < 1.29 is 18.0 Å². The zero-order chi connectivity index (χ0) is 14.9. The van der Waals surface area contributed by atoms with E-state index in [2.05, 4.69) is 26.2 Å². The minimum absolute atomic E-state index is 0.253. The number of nitrogens with one attached hydrogen (secondary N) is 1. The number of aryl methyl sites for hydroxylation is 1. The van der Waals surface area contributed by atoms with Crippen LogP contribution in [0, 0.1) is 24.4 Å². The van der Waals surface area contributed by atoms with Gasteiger partial charge in [-0.2, -0.15) is 0 Å². The minimum Gasteiger partial charge on any atom is -0.306 e. The minimum atomic E-state index is -1.61. The number of pyridine rings is 1. The number of hydrogen-bond donors (Lipinski definition) is 1. The smallest absolute Gasteiger partial charge is 0.257 e. The lowest BCUT2D eigenvalue weighted by molar-refractivity contribution is 0.102. The van der Waals surface area contributed by atoms with E-state index >= 15 is 0 Å². The number of aromatic nitrogens is 1. The molecule has 0 saturated carbocycles. The van der Waals surface area contributed by atoms with Crippen molar-refractivity contribution in [2.24, 2.45) is 0 Å². The van der Waals surface area contributed by atoms with Crippen molar-refractivity contribution in [1.29, 1.82) is 0 Å². The Morgan fingerprint density at radius 2 is 1.80 bits per heavy atom. The third-order valence-corrected chi connectivity index (χ3v) is 2.96. The number of anilines is 1. The van der Waals surface area contributed by atoms with Gasteiger partial charge in [-0.1, -0.05) is 0 Å². The summed E-state index contributed by atoms with van der Waals surface area (Å²) in [4.78, 5) is 15.8. The number of benzene rings is 1. The third-order valence-electron chi connectivity index (χ3n) is 2.52. The Hall–Kier alpha value is -1.89. The molecule has 0 bridgehead atoms. The molecular formula is C13H8BrF3N2O. The Bertz CT molecular complexity index is 668. The van der Waals surface area contributed by atoms with Crippen molar-refractivity contribution >= 4 is 27.7 Å². The van der Waals surface area contributed by atoms with Crippen molar-refractivity contribution in [3.05, 3.63) is 57.4 Å². The number of carbonyl (C=O) groups excluding carboxylic acids is 1. The second-order valence-corrected chi connectivity index (χ2v) is 4.94. The molecule has 0 fully saturated rings. The summed E-state index contributed by atoms with van der Waals surface area (Å²) in [6.07, 6.45) is 1.47. The van der Waals surface area contributed by atoms with Crippen LogP contribution in [0.1, 0.15) is 15.9 Å². The highest BCUT2D eigenvalue weighted by molar-refractivity contribution is 9.10. The molecule has 3 nitrogen and oxygen atoms in total. The Morgan fingerprint density at radius 3 is 2.35 bits per heavy atom. The lowest BCUT2D eigenvalue weighted by Crippen LogP contribution is -2.15. The van der Waals surface area contributed by atoms with E-state index in [1.807, 2.05) is 0 Å². The van der Waals surface area contributed by atoms with E-state index in [0.717, 1.165) is 4.47 Å². The van der Waals surface area contributed by atoms with Gasteiger partial charge in [0.05, 0.1) is 0 Å². The zero-order valence-corrected chi connectivity index (χ0v) is 11.8. The van der Waals surface area contributed by atoms with Gasteiger partial charge in [0.15, 0.2) is 17.5 Å². The lowest BCUT2D eigenvalue weighted by atomic mass is 10.2. The average molecular weight is 345 g/mol. The van der Waals surface area contributed by atoms with Crippen molar-refractivity contribution in [2.75, 3.05) is 5.32 Å². The third kappa shape index (κ3) is 2.98. The number of carbonyl (C=O) groups is 1. The Labute approximate surface area is 121 Å². The predicted octanol–water partition coefficient (Wildman–Crippen LogP) is 3.82. The van der Waals surface area contributed by atoms with Crippen LogP contribution in [0.4, 0.5) is 19.0 Å². The molecule has 1 aromatic heterocycles. The molecule has 0 atom stereocenters. The van der Waals surface area contributed by atoms with E-state index in [1.165, 1.54) is 6.20 Å². The molecule has 1 aromatic carbocycles. The van der Waals surface area contributed by atoms with Crippen LogP contribution in [0.2, 0.25) is 0 Å². The molecule has 2 rings (SSSR count). The van der Waals surface area contributed by atoms with Crippen LogP contribution in [0.25, 0.3) is 0 Å². The molecule has 1 amide bonds. The SMILES string of the molecule is Cc1cc(Br)cnc1NC(=O)c1cc(F)c(F)c(F)c1. The van der Waals surface area contributed by atoms with Crippen molar-refractivity contribution in [2.45, 2.75) is 6.92 Å². The maximum absolute atomic E-state index is 13.1. The fourth-order valence-corrected chi connectivity index (χ4v) is 1.98. The van der Waals surface area contributed by atoms with Crippen molar-refractivity contribution in [3.8, 4) is 0 Å². The van der Waals surface area contributed by atoms with Crippen LogP contribution in [-0.2, 0) is 0 Å². The second-order valence-electron chi connectivity index (χ2n) is 4.03. The van der Waals surface area contributed by atoms with Gasteiger partial charge in [0.25, 0.3) is 5.91 Å². The molecule has 0 saturated heterocycles. The largest absolute Gasteiger partial charge is 0.306 e. The standard InChI is InChI=1S/C13H8BrF3N2O/c1-6-2-8(14)5-18-12(6)19-13(20)7-3-9(15)11(17)10(16)4-7/h2-5H,1H3,(H,18,19,20). The van der Waals surface area contributed by atoms with Gasteiger partial charge in [0, 0.05) is 16.2 Å². The highest BCUT2D eigenvalue weighted by atomic mass is 79.9. The van der Waals surface area contributed by atoms with Crippen LogP contribution in [-0.4, -0.2) is 10.9 Å². The first-order chi connectivity index (χ1) is 9.38. The fourth-order valence-electron chi connectivity index (χ4n) is 1.54. The first kappa shape index (κ1) is 14.5. The molecule has 1 N–H and O–H groups in total. The molecule has 0 aliphatic heterocycles. The quantitative estimate of drug-likeness (QED) is 0.841.